The van der Waals surface area contributed by atoms with Gasteiger partial charge in [0.05, 0.1) is 17.6 Å². The van der Waals surface area contributed by atoms with E-state index in [1.807, 2.05) is 0 Å². The predicted octanol–water partition coefficient (Wildman–Crippen LogP) is 4.24. The number of carbonyl (C=O) groups is 1. The van der Waals surface area contributed by atoms with Crippen LogP contribution >= 0.6 is 11.6 Å². The fraction of sp³-hybridized carbons (Fsp3) is 0.143. The number of methoxy groups -OCH3 is 1. The van der Waals surface area contributed by atoms with Crippen molar-refractivity contribution in [1.82, 2.24) is 4.98 Å². The average molecular weight is 377 g/mol. The molecule has 1 aromatic heterocycles. The number of aromatic nitrogens is 1. The zero-order valence-corrected chi connectivity index (χ0v) is 13.1. The highest BCUT2D eigenvalue weighted by molar-refractivity contribution is 6.31. The molecule has 0 aliphatic rings. The summed E-state index contributed by atoms with van der Waals surface area (Å²) in [5, 5.41) is 10.5. The summed E-state index contributed by atoms with van der Waals surface area (Å²) in [7, 11) is 1.04. The number of rotatable bonds is 4. The largest absolute Gasteiger partial charge is 0.465 e. The standard InChI is InChI=1S/C14H8ClF3N2O5/c1-24-13(21)9-5-8(2-3-11(9)20(22)23)25-12-10(15)4-7(6-19-12)14(16,17)18/h2-6H,1H3. The van der Waals surface area contributed by atoms with Gasteiger partial charge >= 0.3 is 12.1 Å². The van der Waals surface area contributed by atoms with Crippen molar-refractivity contribution in [3.8, 4) is 11.6 Å². The van der Waals surface area contributed by atoms with E-state index >= 15 is 0 Å². The van der Waals surface area contributed by atoms with Crippen LogP contribution in [0.15, 0.2) is 30.5 Å². The van der Waals surface area contributed by atoms with E-state index in [1.165, 1.54) is 0 Å². The molecule has 2 aromatic rings. The number of nitrogens with zero attached hydrogens (tertiary/aromatic N) is 2. The first-order chi connectivity index (χ1) is 11.6. The Balaban J connectivity index is 2.38. The summed E-state index contributed by atoms with van der Waals surface area (Å²) in [6.07, 6.45) is -4.10. The van der Waals surface area contributed by atoms with Crippen molar-refractivity contribution in [1.29, 1.82) is 0 Å². The van der Waals surface area contributed by atoms with Crippen LogP contribution < -0.4 is 4.74 Å². The predicted molar refractivity (Wildman–Crippen MR) is 78.8 cm³/mol. The minimum Gasteiger partial charge on any atom is -0.465 e. The van der Waals surface area contributed by atoms with Gasteiger partial charge in [0.2, 0.25) is 5.88 Å². The van der Waals surface area contributed by atoms with Crippen LogP contribution in [-0.2, 0) is 10.9 Å². The Bertz CT molecular complexity index is 842. The molecule has 0 aliphatic carbocycles. The minimum absolute atomic E-state index is 0.0971. The third-order valence-corrected chi connectivity index (χ3v) is 3.19. The van der Waals surface area contributed by atoms with E-state index in [9.17, 15) is 28.1 Å². The molecule has 132 valence electrons. The number of nitro groups is 1. The molecule has 0 unspecified atom stereocenters. The van der Waals surface area contributed by atoms with Gasteiger partial charge in [0.25, 0.3) is 5.69 Å². The smallest absolute Gasteiger partial charge is 0.417 e. The van der Waals surface area contributed by atoms with Crippen molar-refractivity contribution in [2.24, 2.45) is 0 Å². The van der Waals surface area contributed by atoms with Crippen LogP contribution in [0.4, 0.5) is 18.9 Å². The maximum atomic E-state index is 12.6. The number of pyridine rings is 1. The second-order valence-corrected chi connectivity index (χ2v) is 4.95. The quantitative estimate of drug-likeness (QED) is 0.450. The van der Waals surface area contributed by atoms with Crippen molar-refractivity contribution in [3.63, 3.8) is 0 Å². The molecule has 0 saturated heterocycles. The van der Waals surface area contributed by atoms with Crippen molar-refractivity contribution < 1.29 is 32.4 Å². The molecule has 0 radical (unpaired) electrons. The van der Waals surface area contributed by atoms with E-state index in [1.54, 1.807) is 0 Å². The molecule has 0 bridgehead atoms. The lowest BCUT2D eigenvalue weighted by Gasteiger charge is -2.10. The van der Waals surface area contributed by atoms with E-state index in [-0.39, 0.29) is 11.6 Å². The zero-order chi connectivity index (χ0) is 18.8. The van der Waals surface area contributed by atoms with Gasteiger partial charge in [-0.3, -0.25) is 10.1 Å². The molecule has 0 atom stereocenters. The average Bonchev–Trinajstić information content (AvgIpc) is 2.54. The van der Waals surface area contributed by atoms with Gasteiger partial charge in [-0.2, -0.15) is 13.2 Å². The van der Waals surface area contributed by atoms with Gasteiger partial charge in [-0.15, -0.1) is 0 Å². The Morgan fingerprint density at radius 3 is 2.52 bits per heavy atom. The highest BCUT2D eigenvalue weighted by Crippen LogP contribution is 2.35. The number of nitro benzene ring substituents is 1. The number of esters is 1. The summed E-state index contributed by atoms with van der Waals surface area (Å²) in [4.78, 5) is 25.2. The summed E-state index contributed by atoms with van der Waals surface area (Å²) in [6.45, 7) is 0. The third-order valence-electron chi connectivity index (χ3n) is 2.92. The molecule has 0 spiro atoms. The van der Waals surface area contributed by atoms with Crippen LogP contribution in [0.2, 0.25) is 5.02 Å². The van der Waals surface area contributed by atoms with Gasteiger partial charge in [-0.05, 0) is 12.1 Å². The van der Waals surface area contributed by atoms with Gasteiger partial charge in [0.15, 0.2) is 0 Å². The number of alkyl halides is 3. The highest BCUT2D eigenvalue weighted by atomic mass is 35.5. The number of hydrogen-bond donors (Lipinski definition) is 0. The highest BCUT2D eigenvalue weighted by Gasteiger charge is 2.32. The first-order valence-corrected chi connectivity index (χ1v) is 6.78. The Labute approximate surface area is 143 Å². The molecule has 1 heterocycles. The number of benzene rings is 1. The number of hydrogen-bond acceptors (Lipinski definition) is 6. The molecule has 25 heavy (non-hydrogen) atoms. The SMILES string of the molecule is COC(=O)c1cc(Oc2ncc(C(F)(F)F)cc2Cl)ccc1[N+](=O)[O-]. The summed E-state index contributed by atoms with van der Waals surface area (Å²) >= 11 is 5.71. The van der Waals surface area contributed by atoms with Crippen molar-refractivity contribution in [3.05, 3.63) is 56.7 Å². The molecule has 11 heteroatoms. The van der Waals surface area contributed by atoms with Crippen LogP contribution in [0, 0.1) is 10.1 Å². The molecule has 0 N–H and O–H groups in total. The molecular formula is C14H8ClF3N2O5. The van der Waals surface area contributed by atoms with Gasteiger partial charge in [-0.25, -0.2) is 9.78 Å². The molecule has 0 fully saturated rings. The third kappa shape index (κ3) is 4.15. The van der Waals surface area contributed by atoms with Gasteiger partial charge in [0, 0.05) is 18.3 Å². The molecule has 0 aliphatic heterocycles. The molecule has 2 rings (SSSR count). The van der Waals surface area contributed by atoms with Crippen LogP contribution in [0.3, 0.4) is 0 Å². The molecule has 7 nitrogen and oxygen atoms in total. The fourth-order valence-corrected chi connectivity index (χ4v) is 1.98. The summed E-state index contributed by atoms with van der Waals surface area (Å²) < 4.78 is 47.4. The summed E-state index contributed by atoms with van der Waals surface area (Å²) in [5.74, 6) is -1.44. The molecule has 1 aromatic carbocycles. The van der Waals surface area contributed by atoms with E-state index < -0.39 is 38.9 Å². The van der Waals surface area contributed by atoms with Crippen LogP contribution in [0.1, 0.15) is 15.9 Å². The second kappa shape index (κ2) is 6.93. The maximum Gasteiger partial charge on any atom is 0.417 e. The Kier molecular flexibility index (Phi) is 5.12. The van der Waals surface area contributed by atoms with E-state index in [2.05, 4.69) is 9.72 Å². The molecular weight excluding hydrogens is 369 g/mol. The monoisotopic (exact) mass is 376 g/mol. The second-order valence-electron chi connectivity index (χ2n) is 4.54. The van der Waals surface area contributed by atoms with Crippen LogP contribution in [0.25, 0.3) is 0 Å². The van der Waals surface area contributed by atoms with Crippen molar-refractivity contribution in [2.75, 3.05) is 7.11 Å². The first-order valence-electron chi connectivity index (χ1n) is 6.41. The topological polar surface area (TPSA) is 91.6 Å². The first kappa shape index (κ1) is 18.5. The van der Waals surface area contributed by atoms with E-state index in [0.717, 1.165) is 25.3 Å². The van der Waals surface area contributed by atoms with Gasteiger partial charge in [-0.1, -0.05) is 11.6 Å². The normalized spacial score (nSPS) is 11.1. The number of halogens is 4. The molecule has 0 saturated carbocycles. The summed E-state index contributed by atoms with van der Waals surface area (Å²) in [5.41, 5.74) is -1.98. The fourth-order valence-electron chi connectivity index (χ4n) is 1.78. The van der Waals surface area contributed by atoms with Gasteiger partial charge in [0.1, 0.15) is 16.3 Å². The molecule has 0 amide bonds. The lowest BCUT2D eigenvalue weighted by Crippen LogP contribution is -2.07. The van der Waals surface area contributed by atoms with Crippen LogP contribution in [0.5, 0.6) is 11.6 Å². The number of ether oxygens (including phenoxy) is 2. The Hall–Kier alpha value is -2.88. The Morgan fingerprint density at radius 2 is 2.00 bits per heavy atom. The van der Waals surface area contributed by atoms with Gasteiger partial charge < -0.3 is 9.47 Å². The lowest BCUT2D eigenvalue weighted by atomic mass is 10.1. The van der Waals surface area contributed by atoms with Crippen molar-refractivity contribution >= 4 is 23.3 Å². The Morgan fingerprint density at radius 1 is 1.32 bits per heavy atom. The zero-order valence-electron chi connectivity index (χ0n) is 12.3. The summed E-state index contributed by atoms with van der Waals surface area (Å²) in [6, 6.07) is 3.75. The van der Waals surface area contributed by atoms with E-state index in [0.29, 0.717) is 12.3 Å². The lowest BCUT2D eigenvalue weighted by molar-refractivity contribution is -0.385. The number of carbonyl (C=O) groups excluding carboxylic acids is 1. The van der Waals surface area contributed by atoms with Crippen LogP contribution in [-0.4, -0.2) is 23.0 Å². The van der Waals surface area contributed by atoms with Crippen molar-refractivity contribution in [2.45, 2.75) is 6.18 Å². The maximum absolute atomic E-state index is 12.6. The minimum atomic E-state index is -4.62. The van der Waals surface area contributed by atoms with E-state index in [4.69, 9.17) is 16.3 Å².